The Morgan fingerprint density at radius 3 is 2.89 bits per heavy atom. The molecule has 1 N–H and O–H groups in total. The molecule has 0 aliphatic heterocycles. The van der Waals surface area contributed by atoms with Crippen LogP contribution in [0.3, 0.4) is 0 Å². The Bertz CT molecular complexity index is 510. The van der Waals surface area contributed by atoms with Crippen LogP contribution in [-0.2, 0) is 11.8 Å². The number of hydrogen-bond acceptors (Lipinski definition) is 4. The van der Waals surface area contributed by atoms with E-state index in [0.29, 0.717) is 12.4 Å². The molecule has 0 aliphatic carbocycles. The van der Waals surface area contributed by atoms with Gasteiger partial charge in [-0.2, -0.15) is 5.10 Å². The van der Waals surface area contributed by atoms with E-state index >= 15 is 0 Å². The van der Waals surface area contributed by atoms with Gasteiger partial charge in [-0.1, -0.05) is 6.07 Å². The zero-order valence-electron chi connectivity index (χ0n) is 10.4. The molecular formula is C13H16N2O3. The van der Waals surface area contributed by atoms with Crippen LogP contribution in [0.2, 0.25) is 0 Å². The summed E-state index contributed by atoms with van der Waals surface area (Å²) < 4.78 is 12.7. The molecular weight excluding hydrogens is 232 g/mol. The first kappa shape index (κ1) is 12.4. The number of nitrogens with zero attached hydrogens (tertiary/aromatic N) is 2. The number of phenols is 1. The second kappa shape index (κ2) is 5.55. The summed E-state index contributed by atoms with van der Waals surface area (Å²) >= 11 is 0. The lowest BCUT2D eigenvalue weighted by atomic mass is 10.2. The zero-order chi connectivity index (χ0) is 13.0. The van der Waals surface area contributed by atoms with Crippen LogP contribution < -0.4 is 4.74 Å². The van der Waals surface area contributed by atoms with Crippen LogP contribution in [-0.4, -0.2) is 28.6 Å². The van der Waals surface area contributed by atoms with Crippen molar-refractivity contribution in [2.24, 2.45) is 7.05 Å². The van der Waals surface area contributed by atoms with Crippen molar-refractivity contribution in [2.75, 3.05) is 13.7 Å². The molecule has 0 spiro atoms. The highest BCUT2D eigenvalue weighted by molar-refractivity contribution is 5.32. The second-order valence-corrected chi connectivity index (χ2v) is 4.01. The van der Waals surface area contributed by atoms with Gasteiger partial charge in [0.2, 0.25) is 0 Å². The van der Waals surface area contributed by atoms with E-state index in [2.05, 4.69) is 5.10 Å². The minimum Gasteiger partial charge on any atom is -0.508 e. The predicted octanol–water partition coefficient (Wildman–Crippen LogP) is 1.89. The minimum atomic E-state index is -0.245. The van der Waals surface area contributed by atoms with Crippen LogP contribution in [0.15, 0.2) is 36.7 Å². The van der Waals surface area contributed by atoms with Gasteiger partial charge in [-0.3, -0.25) is 4.68 Å². The minimum absolute atomic E-state index is 0.176. The molecule has 0 bridgehead atoms. The van der Waals surface area contributed by atoms with Crippen molar-refractivity contribution in [3.05, 3.63) is 42.2 Å². The van der Waals surface area contributed by atoms with E-state index in [1.54, 1.807) is 42.3 Å². The van der Waals surface area contributed by atoms with E-state index in [0.717, 1.165) is 5.56 Å². The van der Waals surface area contributed by atoms with Crippen LogP contribution in [0.1, 0.15) is 11.7 Å². The molecule has 1 aromatic carbocycles. The molecule has 18 heavy (non-hydrogen) atoms. The number of hydrogen-bond donors (Lipinski definition) is 1. The van der Waals surface area contributed by atoms with Crippen molar-refractivity contribution in [3.8, 4) is 11.5 Å². The highest BCUT2D eigenvalue weighted by Gasteiger charge is 2.15. The molecule has 1 aromatic heterocycles. The largest absolute Gasteiger partial charge is 0.508 e. The van der Waals surface area contributed by atoms with Crippen LogP contribution in [0, 0.1) is 0 Å². The van der Waals surface area contributed by atoms with Crippen LogP contribution in [0.5, 0.6) is 11.5 Å². The Hall–Kier alpha value is -2.01. The maximum Gasteiger partial charge on any atom is 0.150 e. The molecule has 0 fully saturated rings. The first-order chi connectivity index (χ1) is 8.69. The van der Waals surface area contributed by atoms with Gasteiger partial charge < -0.3 is 14.6 Å². The Morgan fingerprint density at radius 2 is 2.28 bits per heavy atom. The second-order valence-electron chi connectivity index (χ2n) is 4.01. The summed E-state index contributed by atoms with van der Waals surface area (Å²) in [4.78, 5) is 0. The van der Waals surface area contributed by atoms with Gasteiger partial charge in [-0.25, -0.2) is 0 Å². The molecule has 2 rings (SSSR count). The fourth-order valence-corrected chi connectivity index (χ4v) is 1.68. The van der Waals surface area contributed by atoms with Gasteiger partial charge in [0.1, 0.15) is 17.6 Å². The molecule has 0 saturated carbocycles. The SMILES string of the molecule is COCC(Oc1cccc(O)c1)c1cnn(C)c1. The van der Waals surface area contributed by atoms with Crippen molar-refractivity contribution in [1.29, 1.82) is 0 Å². The van der Waals surface area contributed by atoms with Crippen LogP contribution in [0.4, 0.5) is 0 Å². The van der Waals surface area contributed by atoms with E-state index in [9.17, 15) is 5.11 Å². The summed E-state index contributed by atoms with van der Waals surface area (Å²) in [5, 5.41) is 13.5. The topological polar surface area (TPSA) is 56.5 Å². The molecule has 5 nitrogen and oxygen atoms in total. The van der Waals surface area contributed by atoms with E-state index in [1.165, 1.54) is 0 Å². The Labute approximate surface area is 106 Å². The molecule has 96 valence electrons. The highest BCUT2D eigenvalue weighted by atomic mass is 16.5. The van der Waals surface area contributed by atoms with Gasteiger partial charge in [0.25, 0.3) is 0 Å². The highest BCUT2D eigenvalue weighted by Crippen LogP contribution is 2.24. The molecule has 2 aromatic rings. The molecule has 0 radical (unpaired) electrons. The van der Waals surface area contributed by atoms with E-state index < -0.39 is 0 Å². The average molecular weight is 248 g/mol. The number of rotatable bonds is 5. The van der Waals surface area contributed by atoms with Crippen LogP contribution >= 0.6 is 0 Å². The first-order valence-electron chi connectivity index (χ1n) is 5.62. The summed E-state index contributed by atoms with van der Waals surface area (Å²) in [6, 6.07) is 6.69. The molecule has 1 atom stereocenters. The lowest BCUT2D eigenvalue weighted by Gasteiger charge is -2.17. The summed E-state index contributed by atoms with van der Waals surface area (Å²) in [5.74, 6) is 0.774. The molecule has 1 unspecified atom stereocenters. The fourth-order valence-electron chi connectivity index (χ4n) is 1.68. The Morgan fingerprint density at radius 1 is 1.44 bits per heavy atom. The summed E-state index contributed by atoms with van der Waals surface area (Å²) in [5.41, 5.74) is 0.933. The monoisotopic (exact) mass is 248 g/mol. The molecule has 5 heteroatoms. The number of phenolic OH excluding ortho intramolecular Hbond substituents is 1. The number of benzene rings is 1. The third kappa shape index (κ3) is 3.01. The van der Waals surface area contributed by atoms with Gasteiger partial charge in [-0.05, 0) is 12.1 Å². The molecule has 0 saturated heterocycles. The molecule has 0 aliphatic rings. The molecule has 0 amide bonds. The van der Waals surface area contributed by atoms with Crippen molar-refractivity contribution in [2.45, 2.75) is 6.10 Å². The Balaban J connectivity index is 2.16. The quantitative estimate of drug-likeness (QED) is 0.878. The molecule has 1 heterocycles. The van der Waals surface area contributed by atoms with E-state index in [4.69, 9.17) is 9.47 Å². The Kier molecular flexibility index (Phi) is 3.84. The van der Waals surface area contributed by atoms with Crippen molar-refractivity contribution < 1.29 is 14.6 Å². The van der Waals surface area contributed by atoms with Gasteiger partial charge in [0, 0.05) is 32.0 Å². The van der Waals surface area contributed by atoms with E-state index in [-0.39, 0.29) is 11.9 Å². The van der Waals surface area contributed by atoms with Crippen molar-refractivity contribution in [1.82, 2.24) is 9.78 Å². The normalized spacial score (nSPS) is 12.3. The van der Waals surface area contributed by atoms with Crippen molar-refractivity contribution in [3.63, 3.8) is 0 Å². The summed E-state index contributed by atoms with van der Waals surface area (Å²) in [7, 11) is 3.47. The van der Waals surface area contributed by atoms with Crippen LogP contribution in [0.25, 0.3) is 0 Å². The smallest absolute Gasteiger partial charge is 0.150 e. The van der Waals surface area contributed by atoms with Gasteiger partial charge in [-0.15, -0.1) is 0 Å². The number of aromatic hydroxyl groups is 1. The maximum atomic E-state index is 9.40. The predicted molar refractivity (Wildman–Crippen MR) is 66.6 cm³/mol. The third-order valence-electron chi connectivity index (χ3n) is 2.51. The number of aromatic nitrogens is 2. The van der Waals surface area contributed by atoms with Gasteiger partial charge in [0.05, 0.1) is 12.8 Å². The van der Waals surface area contributed by atoms with Crippen molar-refractivity contribution >= 4 is 0 Å². The maximum absolute atomic E-state index is 9.40. The number of methoxy groups -OCH3 is 1. The average Bonchev–Trinajstić information content (AvgIpc) is 2.75. The summed E-state index contributed by atoms with van der Waals surface area (Å²) in [6.07, 6.45) is 3.38. The lowest BCUT2D eigenvalue weighted by molar-refractivity contribution is 0.0808. The van der Waals surface area contributed by atoms with E-state index in [1.807, 2.05) is 13.2 Å². The fraction of sp³-hybridized carbons (Fsp3) is 0.308. The third-order valence-corrected chi connectivity index (χ3v) is 2.51. The standard InChI is InChI=1S/C13H16N2O3/c1-15-8-10(7-14-15)13(9-17-2)18-12-5-3-4-11(16)6-12/h3-8,13,16H,9H2,1-2H3. The number of ether oxygens (including phenoxy) is 2. The van der Waals surface area contributed by atoms with Gasteiger partial charge >= 0.3 is 0 Å². The van der Waals surface area contributed by atoms with Gasteiger partial charge in [0.15, 0.2) is 0 Å². The zero-order valence-corrected chi connectivity index (χ0v) is 10.4. The lowest BCUT2D eigenvalue weighted by Crippen LogP contribution is -2.13. The number of aryl methyl sites for hydroxylation is 1. The first-order valence-corrected chi connectivity index (χ1v) is 5.62. The summed E-state index contributed by atoms with van der Waals surface area (Å²) in [6.45, 7) is 0.418.